The molecule has 0 unspecified atom stereocenters. The van der Waals surface area contributed by atoms with Crippen LogP contribution in [0.5, 0.6) is 0 Å². The standard InChI is InChI=1S/C17H24F3N3O2S/c18-17(19,20)4-6-23-13-2-3-14(23)16(9-13,8-12-10-26-11-22-12)15(25)21-5-1-7-24/h10-11,13-14,24H,1-9H2,(H,21,25)/t13-,14+,16+/m1/s1. The van der Waals surface area contributed by atoms with Gasteiger partial charge in [-0.3, -0.25) is 9.69 Å². The first kappa shape index (κ1) is 19.6. The highest BCUT2D eigenvalue weighted by molar-refractivity contribution is 7.07. The van der Waals surface area contributed by atoms with Gasteiger partial charge in [0.1, 0.15) is 0 Å². The van der Waals surface area contributed by atoms with E-state index in [9.17, 15) is 18.0 Å². The maximum Gasteiger partial charge on any atom is 0.390 e. The molecule has 1 aromatic heterocycles. The number of fused-ring (bicyclic) bond motifs is 2. The van der Waals surface area contributed by atoms with Crippen LogP contribution in [-0.4, -0.2) is 58.9 Å². The molecule has 2 N–H and O–H groups in total. The van der Waals surface area contributed by atoms with E-state index < -0.39 is 18.0 Å². The Morgan fingerprint density at radius 2 is 2.27 bits per heavy atom. The first-order valence-electron chi connectivity index (χ1n) is 8.94. The molecule has 0 radical (unpaired) electrons. The maximum atomic E-state index is 13.0. The van der Waals surface area contributed by atoms with Gasteiger partial charge >= 0.3 is 6.18 Å². The zero-order valence-corrected chi connectivity index (χ0v) is 15.3. The molecule has 1 aromatic rings. The minimum atomic E-state index is -4.19. The van der Waals surface area contributed by atoms with E-state index in [1.54, 1.807) is 5.51 Å². The fraction of sp³-hybridized carbons (Fsp3) is 0.765. The third kappa shape index (κ3) is 4.04. The van der Waals surface area contributed by atoms with Gasteiger partial charge in [0.25, 0.3) is 0 Å². The lowest BCUT2D eigenvalue weighted by atomic mass is 9.70. The van der Waals surface area contributed by atoms with Gasteiger partial charge in [-0.2, -0.15) is 13.2 Å². The lowest BCUT2D eigenvalue weighted by molar-refractivity contribution is -0.139. The van der Waals surface area contributed by atoms with Crippen LogP contribution in [0.1, 0.15) is 37.8 Å². The molecule has 2 aliphatic rings. The van der Waals surface area contributed by atoms with E-state index in [0.29, 0.717) is 25.8 Å². The van der Waals surface area contributed by atoms with Crippen LogP contribution in [0.25, 0.3) is 0 Å². The van der Waals surface area contributed by atoms with Crippen molar-refractivity contribution in [2.24, 2.45) is 5.41 Å². The second-order valence-electron chi connectivity index (χ2n) is 7.20. The number of hydrogen-bond acceptors (Lipinski definition) is 5. The van der Waals surface area contributed by atoms with E-state index in [-0.39, 0.29) is 31.1 Å². The summed E-state index contributed by atoms with van der Waals surface area (Å²) in [6, 6.07) is -0.171. The molecule has 1 amide bonds. The molecule has 0 aromatic carbocycles. The third-order valence-electron chi connectivity index (χ3n) is 5.59. The number of aliphatic hydroxyl groups is 1. The van der Waals surface area contributed by atoms with Crippen LogP contribution < -0.4 is 5.32 Å². The van der Waals surface area contributed by atoms with Gasteiger partial charge in [0, 0.05) is 43.6 Å². The van der Waals surface area contributed by atoms with E-state index in [2.05, 4.69) is 10.3 Å². The molecular weight excluding hydrogens is 367 g/mol. The lowest BCUT2D eigenvalue weighted by Gasteiger charge is -2.36. The maximum absolute atomic E-state index is 13.0. The second kappa shape index (κ2) is 7.82. The first-order valence-corrected chi connectivity index (χ1v) is 9.89. The average molecular weight is 391 g/mol. The summed E-state index contributed by atoms with van der Waals surface area (Å²) in [6.07, 6.45) is -1.99. The van der Waals surface area contributed by atoms with Crippen molar-refractivity contribution in [3.8, 4) is 0 Å². The van der Waals surface area contributed by atoms with Gasteiger partial charge in [0.15, 0.2) is 0 Å². The highest BCUT2D eigenvalue weighted by Crippen LogP contribution is 2.52. The summed E-state index contributed by atoms with van der Waals surface area (Å²) in [5.74, 6) is -0.122. The fourth-order valence-electron chi connectivity index (χ4n) is 4.52. The van der Waals surface area contributed by atoms with Gasteiger partial charge in [0.05, 0.1) is 23.0 Å². The predicted molar refractivity (Wildman–Crippen MR) is 91.8 cm³/mol. The number of nitrogens with zero attached hydrogens (tertiary/aromatic N) is 2. The van der Waals surface area contributed by atoms with Crippen molar-refractivity contribution < 1.29 is 23.1 Å². The quantitative estimate of drug-likeness (QED) is 0.668. The number of alkyl halides is 3. The van der Waals surface area contributed by atoms with Crippen molar-refractivity contribution in [1.29, 1.82) is 0 Å². The predicted octanol–water partition coefficient (Wildman–Crippen LogP) is 2.36. The Kier molecular flexibility index (Phi) is 5.88. The molecule has 2 saturated heterocycles. The lowest BCUT2D eigenvalue weighted by Crippen LogP contribution is -2.51. The average Bonchev–Trinajstić information content (AvgIpc) is 3.28. The minimum absolute atomic E-state index is 0.0108. The van der Waals surface area contributed by atoms with E-state index in [0.717, 1.165) is 18.5 Å². The number of halogens is 3. The van der Waals surface area contributed by atoms with Crippen LogP contribution in [0.3, 0.4) is 0 Å². The molecular formula is C17H24F3N3O2S. The first-order chi connectivity index (χ1) is 12.4. The molecule has 0 aliphatic carbocycles. The number of nitrogens with one attached hydrogen (secondary N) is 1. The third-order valence-corrected chi connectivity index (χ3v) is 6.22. The Hall–Kier alpha value is -1.19. The molecule has 0 spiro atoms. The Morgan fingerprint density at radius 1 is 1.46 bits per heavy atom. The van der Waals surface area contributed by atoms with Gasteiger partial charge in [-0.05, 0) is 25.7 Å². The van der Waals surface area contributed by atoms with Crippen LogP contribution in [0.4, 0.5) is 13.2 Å². The summed E-state index contributed by atoms with van der Waals surface area (Å²) in [5, 5.41) is 13.7. The number of rotatable bonds is 8. The normalized spacial score (nSPS) is 28.6. The highest BCUT2D eigenvalue weighted by Gasteiger charge is 2.59. The molecule has 0 saturated carbocycles. The molecule has 2 bridgehead atoms. The van der Waals surface area contributed by atoms with Gasteiger partial charge < -0.3 is 10.4 Å². The largest absolute Gasteiger partial charge is 0.396 e. The van der Waals surface area contributed by atoms with Gasteiger partial charge in [0.2, 0.25) is 5.91 Å². The smallest absolute Gasteiger partial charge is 0.390 e. The molecule has 3 heterocycles. The van der Waals surface area contributed by atoms with Crippen molar-refractivity contribution in [2.75, 3.05) is 19.7 Å². The van der Waals surface area contributed by atoms with E-state index in [1.165, 1.54) is 11.3 Å². The van der Waals surface area contributed by atoms with E-state index >= 15 is 0 Å². The topological polar surface area (TPSA) is 65.5 Å². The van der Waals surface area contributed by atoms with Crippen LogP contribution in [0, 0.1) is 5.41 Å². The number of carbonyl (C=O) groups excluding carboxylic acids is 1. The Labute approximate surface area is 154 Å². The van der Waals surface area contributed by atoms with E-state index in [4.69, 9.17) is 5.11 Å². The summed E-state index contributed by atoms with van der Waals surface area (Å²) in [5.41, 5.74) is 1.79. The number of hydrogen-bond donors (Lipinski definition) is 2. The molecule has 5 nitrogen and oxygen atoms in total. The Balaban J connectivity index is 1.79. The minimum Gasteiger partial charge on any atom is -0.396 e. The Bertz CT molecular complexity index is 611. The monoisotopic (exact) mass is 391 g/mol. The Morgan fingerprint density at radius 3 is 2.92 bits per heavy atom. The molecule has 26 heavy (non-hydrogen) atoms. The van der Waals surface area contributed by atoms with Crippen LogP contribution in [0.15, 0.2) is 10.9 Å². The SMILES string of the molecule is O=C(NCCCO)[C@@]1(Cc2cscn2)C[C@H]2CC[C@@H]1N2CCC(F)(F)F. The summed E-state index contributed by atoms with van der Waals surface area (Å²) >= 11 is 1.45. The molecule has 146 valence electrons. The number of carbonyl (C=O) groups is 1. The van der Waals surface area contributed by atoms with Crippen LogP contribution in [-0.2, 0) is 11.2 Å². The zero-order chi connectivity index (χ0) is 18.8. The van der Waals surface area contributed by atoms with Gasteiger partial charge in [-0.25, -0.2) is 4.98 Å². The van der Waals surface area contributed by atoms with Crippen LogP contribution >= 0.6 is 11.3 Å². The van der Waals surface area contributed by atoms with Gasteiger partial charge in [-0.1, -0.05) is 0 Å². The number of amides is 1. The summed E-state index contributed by atoms with van der Waals surface area (Å²) in [4.78, 5) is 19.2. The zero-order valence-electron chi connectivity index (χ0n) is 14.5. The van der Waals surface area contributed by atoms with E-state index in [1.807, 2.05) is 10.3 Å². The summed E-state index contributed by atoms with van der Waals surface area (Å²) in [6.45, 7) is 0.304. The number of aromatic nitrogens is 1. The van der Waals surface area contributed by atoms with Crippen molar-refractivity contribution in [2.45, 2.75) is 56.8 Å². The number of aliphatic hydroxyl groups excluding tert-OH is 1. The van der Waals surface area contributed by atoms with Crippen LogP contribution in [0.2, 0.25) is 0 Å². The second-order valence-corrected chi connectivity index (χ2v) is 7.92. The molecule has 3 atom stereocenters. The summed E-state index contributed by atoms with van der Waals surface area (Å²) < 4.78 is 38.1. The van der Waals surface area contributed by atoms with Gasteiger partial charge in [-0.15, -0.1) is 11.3 Å². The molecule has 2 fully saturated rings. The fourth-order valence-corrected chi connectivity index (χ4v) is 5.08. The van der Waals surface area contributed by atoms with Crippen molar-refractivity contribution in [3.63, 3.8) is 0 Å². The molecule has 2 aliphatic heterocycles. The highest BCUT2D eigenvalue weighted by atomic mass is 32.1. The molecule has 9 heteroatoms. The number of thiazole rings is 1. The summed E-state index contributed by atoms with van der Waals surface area (Å²) in [7, 11) is 0. The van der Waals surface area contributed by atoms with Crippen molar-refractivity contribution in [1.82, 2.24) is 15.2 Å². The van der Waals surface area contributed by atoms with Crippen molar-refractivity contribution >= 4 is 17.2 Å². The molecule has 3 rings (SSSR count). The van der Waals surface area contributed by atoms with Crippen molar-refractivity contribution in [3.05, 3.63) is 16.6 Å².